The van der Waals surface area contributed by atoms with E-state index in [1.165, 1.54) is 12.1 Å². The monoisotopic (exact) mass is 236 g/mol. The van der Waals surface area contributed by atoms with E-state index in [1.807, 2.05) is 0 Å². The number of nitrogens with one attached hydrogen (secondary N) is 2. The second kappa shape index (κ2) is 4.84. The summed E-state index contributed by atoms with van der Waals surface area (Å²) < 4.78 is 13.2. The molecule has 17 heavy (non-hydrogen) atoms. The van der Waals surface area contributed by atoms with Crippen molar-refractivity contribution in [2.75, 3.05) is 11.9 Å². The highest BCUT2D eigenvalue weighted by molar-refractivity contribution is 6.02. The quantitative estimate of drug-likeness (QED) is 0.843. The Balaban J connectivity index is 2.14. The molecule has 4 heteroatoms. The van der Waals surface area contributed by atoms with Gasteiger partial charge in [0.05, 0.1) is 0 Å². The van der Waals surface area contributed by atoms with Crippen molar-refractivity contribution in [3.05, 3.63) is 29.6 Å². The molecular formula is C13H17FN2O. The minimum Gasteiger partial charge on any atom is -0.324 e. The molecule has 92 valence electrons. The van der Waals surface area contributed by atoms with Crippen molar-refractivity contribution in [1.29, 1.82) is 0 Å². The van der Waals surface area contributed by atoms with E-state index in [-0.39, 0.29) is 11.7 Å². The van der Waals surface area contributed by atoms with Crippen LogP contribution in [0.25, 0.3) is 0 Å². The minimum atomic E-state index is -0.422. The van der Waals surface area contributed by atoms with E-state index in [0.717, 1.165) is 13.0 Å². The van der Waals surface area contributed by atoms with E-state index < -0.39 is 6.04 Å². The Morgan fingerprint density at radius 2 is 2.29 bits per heavy atom. The third-order valence-corrected chi connectivity index (χ3v) is 3.21. The zero-order valence-electron chi connectivity index (χ0n) is 10.1. The van der Waals surface area contributed by atoms with Crippen molar-refractivity contribution >= 4 is 11.6 Å². The zero-order chi connectivity index (χ0) is 12.4. The van der Waals surface area contributed by atoms with E-state index in [4.69, 9.17) is 0 Å². The lowest BCUT2D eigenvalue weighted by Crippen LogP contribution is -2.30. The fourth-order valence-corrected chi connectivity index (χ4v) is 1.90. The van der Waals surface area contributed by atoms with Crippen LogP contribution in [0.1, 0.15) is 31.9 Å². The van der Waals surface area contributed by atoms with Crippen molar-refractivity contribution in [2.45, 2.75) is 26.3 Å². The first-order chi connectivity index (χ1) is 8.11. The average molecular weight is 236 g/mol. The Kier molecular flexibility index (Phi) is 3.43. The number of halogens is 1. The Bertz CT molecular complexity index is 433. The maximum atomic E-state index is 13.2. The first-order valence-electron chi connectivity index (χ1n) is 5.95. The van der Waals surface area contributed by atoms with Gasteiger partial charge in [-0.2, -0.15) is 0 Å². The molecule has 2 N–H and O–H groups in total. The molecule has 0 saturated heterocycles. The van der Waals surface area contributed by atoms with Crippen LogP contribution in [0.5, 0.6) is 0 Å². The molecule has 1 aromatic rings. The maximum Gasteiger partial charge on any atom is 0.246 e. The molecule has 2 atom stereocenters. The number of hydrogen-bond donors (Lipinski definition) is 2. The van der Waals surface area contributed by atoms with Crippen LogP contribution >= 0.6 is 0 Å². The van der Waals surface area contributed by atoms with Crippen LogP contribution in [-0.4, -0.2) is 12.5 Å². The molecule has 2 rings (SSSR count). The summed E-state index contributed by atoms with van der Waals surface area (Å²) in [5, 5.41) is 5.94. The van der Waals surface area contributed by atoms with Crippen molar-refractivity contribution in [3.8, 4) is 0 Å². The number of carbonyl (C=O) groups is 1. The Morgan fingerprint density at radius 1 is 1.53 bits per heavy atom. The molecule has 2 unspecified atom stereocenters. The zero-order valence-corrected chi connectivity index (χ0v) is 10.1. The van der Waals surface area contributed by atoms with Crippen molar-refractivity contribution in [1.82, 2.24) is 5.32 Å². The molecule has 0 saturated carbocycles. The van der Waals surface area contributed by atoms with E-state index in [1.54, 1.807) is 6.07 Å². The highest BCUT2D eigenvalue weighted by Crippen LogP contribution is 2.31. The van der Waals surface area contributed by atoms with Gasteiger partial charge in [-0.15, -0.1) is 0 Å². The first-order valence-corrected chi connectivity index (χ1v) is 5.95. The third-order valence-electron chi connectivity index (χ3n) is 3.21. The van der Waals surface area contributed by atoms with Crippen LogP contribution in [-0.2, 0) is 4.79 Å². The van der Waals surface area contributed by atoms with Gasteiger partial charge in [-0.3, -0.25) is 4.79 Å². The van der Waals surface area contributed by atoms with Gasteiger partial charge in [0.25, 0.3) is 0 Å². The van der Waals surface area contributed by atoms with Gasteiger partial charge in [0, 0.05) is 11.3 Å². The fraction of sp³-hybridized carbons (Fsp3) is 0.462. The number of anilines is 1. The van der Waals surface area contributed by atoms with E-state index in [9.17, 15) is 9.18 Å². The van der Waals surface area contributed by atoms with Crippen molar-refractivity contribution < 1.29 is 9.18 Å². The average Bonchev–Trinajstić information content (AvgIpc) is 2.61. The van der Waals surface area contributed by atoms with Crippen molar-refractivity contribution in [3.63, 3.8) is 0 Å². The minimum absolute atomic E-state index is 0.103. The number of hydrogen-bond acceptors (Lipinski definition) is 2. The lowest BCUT2D eigenvalue weighted by Gasteiger charge is -2.14. The Morgan fingerprint density at radius 3 is 3.00 bits per heavy atom. The SMILES string of the molecule is CCC(C)CNC1C(=O)Nc2ccc(F)cc21. The summed E-state index contributed by atoms with van der Waals surface area (Å²) in [4.78, 5) is 11.7. The molecule has 3 nitrogen and oxygen atoms in total. The molecule has 1 aromatic carbocycles. The predicted molar refractivity (Wildman–Crippen MR) is 65.2 cm³/mol. The highest BCUT2D eigenvalue weighted by Gasteiger charge is 2.30. The standard InChI is InChI=1S/C13H17FN2O/c1-3-8(2)7-15-12-10-6-9(14)4-5-11(10)16-13(12)17/h4-6,8,12,15H,3,7H2,1-2H3,(H,16,17). The van der Waals surface area contributed by atoms with Crippen LogP contribution in [0.2, 0.25) is 0 Å². The summed E-state index contributed by atoms with van der Waals surface area (Å²) in [6.45, 7) is 4.98. The highest BCUT2D eigenvalue weighted by atomic mass is 19.1. The normalized spacial score (nSPS) is 19.9. The van der Waals surface area contributed by atoms with E-state index >= 15 is 0 Å². The molecule has 0 aliphatic carbocycles. The number of benzene rings is 1. The fourth-order valence-electron chi connectivity index (χ4n) is 1.90. The first kappa shape index (κ1) is 12.0. The molecule has 1 amide bonds. The second-order valence-corrected chi connectivity index (χ2v) is 4.58. The van der Waals surface area contributed by atoms with Gasteiger partial charge in [0.1, 0.15) is 11.9 Å². The summed E-state index contributed by atoms with van der Waals surface area (Å²) in [5.41, 5.74) is 1.41. The maximum absolute atomic E-state index is 13.2. The van der Waals surface area contributed by atoms with Gasteiger partial charge < -0.3 is 10.6 Å². The molecule has 1 aliphatic rings. The van der Waals surface area contributed by atoms with Gasteiger partial charge in [0.15, 0.2) is 0 Å². The molecule has 1 heterocycles. The Labute approximate surface area is 100 Å². The van der Waals surface area contributed by atoms with Gasteiger partial charge in [-0.1, -0.05) is 20.3 Å². The summed E-state index contributed by atoms with van der Waals surface area (Å²) in [6.07, 6.45) is 1.05. The number of carbonyl (C=O) groups excluding carboxylic acids is 1. The summed E-state index contributed by atoms with van der Waals surface area (Å²) >= 11 is 0. The van der Waals surface area contributed by atoms with Gasteiger partial charge in [0.2, 0.25) is 5.91 Å². The molecule has 0 radical (unpaired) electrons. The van der Waals surface area contributed by atoms with Crippen LogP contribution in [0.15, 0.2) is 18.2 Å². The number of rotatable bonds is 4. The van der Waals surface area contributed by atoms with E-state index in [2.05, 4.69) is 24.5 Å². The molecule has 0 bridgehead atoms. The smallest absolute Gasteiger partial charge is 0.246 e. The molecule has 1 aliphatic heterocycles. The van der Waals surface area contributed by atoms with Gasteiger partial charge >= 0.3 is 0 Å². The van der Waals surface area contributed by atoms with Crippen LogP contribution in [0, 0.1) is 11.7 Å². The summed E-state index contributed by atoms with van der Waals surface area (Å²) in [6, 6.07) is 3.96. The summed E-state index contributed by atoms with van der Waals surface area (Å²) in [7, 11) is 0. The Hall–Kier alpha value is -1.42. The molecule has 0 fully saturated rings. The molecule has 0 spiro atoms. The van der Waals surface area contributed by atoms with Crippen LogP contribution in [0.3, 0.4) is 0 Å². The molecular weight excluding hydrogens is 219 g/mol. The predicted octanol–water partition coefficient (Wildman–Crippen LogP) is 2.45. The van der Waals surface area contributed by atoms with Crippen molar-refractivity contribution in [2.24, 2.45) is 5.92 Å². The van der Waals surface area contributed by atoms with Gasteiger partial charge in [-0.05, 0) is 30.7 Å². The second-order valence-electron chi connectivity index (χ2n) is 4.58. The molecule has 0 aromatic heterocycles. The lowest BCUT2D eigenvalue weighted by atomic mass is 10.1. The largest absolute Gasteiger partial charge is 0.324 e. The summed E-state index contributed by atoms with van der Waals surface area (Å²) in [5.74, 6) is 0.0879. The number of fused-ring (bicyclic) bond motifs is 1. The lowest BCUT2D eigenvalue weighted by molar-refractivity contribution is -0.117. The topological polar surface area (TPSA) is 41.1 Å². The van der Waals surface area contributed by atoms with E-state index in [0.29, 0.717) is 17.2 Å². The van der Waals surface area contributed by atoms with Crippen LogP contribution in [0.4, 0.5) is 10.1 Å². The van der Waals surface area contributed by atoms with Gasteiger partial charge in [-0.25, -0.2) is 4.39 Å². The van der Waals surface area contributed by atoms with Crippen LogP contribution < -0.4 is 10.6 Å². The number of amides is 1. The third kappa shape index (κ3) is 2.47.